The molecule has 0 unspecified atom stereocenters. The summed E-state index contributed by atoms with van der Waals surface area (Å²) in [6.45, 7) is 4.35. The molecule has 0 aliphatic heterocycles. The van der Waals surface area contributed by atoms with E-state index in [1.807, 2.05) is 37.1 Å². The molecule has 2 N–H and O–H groups in total. The molecule has 0 bridgehead atoms. The highest BCUT2D eigenvalue weighted by Crippen LogP contribution is 2.18. The Bertz CT molecular complexity index is 460. The molecule has 0 amide bonds. The third kappa shape index (κ3) is 3.70. The summed E-state index contributed by atoms with van der Waals surface area (Å²) in [5, 5.41) is 0. The molecule has 0 aliphatic rings. The molecular formula is C13H18N2O2S. The molecule has 18 heavy (non-hydrogen) atoms. The molecule has 0 saturated heterocycles. The number of esters is 1. The fourth-order valence-electron chi connectivity index (χ4n) is 1.65. The van der Waals surface area contributed by atoms with E-state index in [1.54, 1.807) is 6.92 Å². The van der Waals surface area contributed by atoms with Crippen LogP contribution in [0, 0.1) is 6.92 Å². The highest BCUT2D eigenvalue weighted by atomic mass is 32.1. The Morgan fingerprint density at radius 3 is 2.67 bits per heavy atom. The van der Waals surface area contributed by atoms with Crippen LogP contribution in [0.3, 0.4) is 0 Å². The Morgan fingerprint density at radius 2 is 2.17 bits per heavy atom. The minimum absolute atomic E-state index is 0.222. The fourth-order valence-corrected chi connectivity index (χ4v) is 1.88. The van der Waals surface area contributed by atoms with Gasteiger partial charge in [-0.15, -0.1) is 0 Å². The van der Waals surface area contributed by atoms with Crippen molar-refractivity contribution in [3.63, 3.8) is 0 Å². The first kappa shape index (κ1) is 14.4. The fraction of sp³-hybridized carbons (Fsp3) is 0.385. The average Bonchev–Trinajstić information content (AvgIpc) is 2.28. The number of carbonyl (C=O) groups is 1. The van der Waals surface area contributed by atoms with Gasteiger partial charge in [0.1, 0.15) is 11.5 Å². The minimum Gasteiger partial charge on any atom is -0.465 e. The van der Waals surface area contributed by atoms with E-state index in [4.69, 9.17) is 22.7 Å². The monoisotopic (exact) mass is 266 g/mol. The predicted octanol–water partition coefficient (Wildman–Crippen LogP) is 1.63. The Balaban J connectivity index is 2.81. The highest BCUT2D eigenvalue weighted by molar-refractivity contribution is 7.80. The lowest BCUT2D eigenvalue weighted by Crippen LogP contribution is -2.27. The number of hydrogen-bond acceptors (Lipinski definition) is 4. The molecule has 98 valence electrons. The van der Waals surface area contributed by atoms with Crippen LogP contribution in [0.25, 0.3) is 0 Å². The summed E-state index contributed by atoms with van der Waals surface area (Å²) in [7, 11) is 1.84. The van der Waals surface area contributed by atoms with Gasteiger partial charge in [-0.3, -0.25) is 4.79 Å². The molecule has 0 atom stereocenters. The predicted molar refractivity (Wildman–Crippen MR) is 77.0 cm³/mol. The van der Waals surface area contributed by atoms with Crippen molar-refractivity contribution >= 4 is 28.9 Å². The molecule has 0 aliphatic carbocycles. The van der Waals surface area contributed by atoms with Crippen molar-refractivity contribution in [1.29, 1.82) is 0 Å². The number of nitrogens with two attached hydrogens (primary N) is 1. The van der Waals surface area contributed by atoms with Crippen LogP contribution in [0.2, 0.25) is 0 Å². The number of nitrogens with zero attached hydrogens (tertiary/aromatic N) is 1. The molecule has 1 rings (SSSR count). The van der Waals surface area contributed by atoms with Crippen LogP contribution in [0.5, 0.6) is 0 Å². The number of likely N-dealkylation sites (N-methyl/N-ethyl adjacent to an activating group) is 1. The summed E-state index contributed by atoms with van der Waals surface area (Å²) < 4.78 is 4.90. The Labute approximate surface area is 113 Å². The molecule has 0 radical (unpaired) electrons. The maximum Gasteiger partial charge on any atom is 0.325 e. The minimum atomic E-state index is -0.240. The van der Waals surface area contributed by atoms with Crippen LogP contribution in [-0.2, 0) is 9.53 Å². The topological polar surface area (TPSA) is 55.6 Å². The zero-order valence-electron chi connectivity index (χ0n) is 10.9. The number of anilines is 1. The lowest BCUT2D eigenvalue weighted by atomic mass is 10.1. The first-order valence-electron chi connectivity index (χ1n) is 5.73. The zero-order valence-corrected chi connectivity index (χ0v) is 11.7. The Morgan fingerprint density at radius 1 is 1.50 bits per heavy atom. The normalized spacial score (nSPS) is 9.94. The summed E-state index contributed by atoms with van der Waals surface area (Å²) >= 11 is 4.95. The van der Waals surface area contributed by atoms with Gasteiger partial charge in [-0.2, -0.15) is 0 Å². The SMILES string of the molecule is CCOC(=O)CN(C)c1ccc(C(N)=S)c(C)c1. The number of ether oxygens (including phenoxy) is 1. The number of hydrogen-bond donors (Lipinski definition) is 1. The number of aryl methyl sites for hydroxylation is 1. The second-order valence-electron chi connectivity index (χ2n) is 4.02. The van der Waals surface area contributed by atoms with Crippen molar-refractivity contribution in [3.05, 3.63) is 29.3 Å². The summed E-state index contributed by atoms with van der Waals surface area (Å²) in [6, 6.07) is 5.71. The van der Waals surface area contributed by atoms with Crippen molar-refractivity contribution in [2.75, 3.05) is 25.1 Å². The van der Waals surface area contributed by atoms with Gasteiger partial charge in [0.25, 0.3) is 0 Å². The first-order chi connectivity index (χ1) is 8.45. The maximum absolute atomic E-state index is 11.4. The third-order valence-electron chi connectivity index (χ3n) is 2.59. The van der Waals surface area contributed by atoms with Gasteiger partial charge in [0.15, 0.2) is 0 Å². The molecule has 0 heterocycles. The molecule has 0 aromatic heterocycles. The number of rotatable bonds is 5. The van der Waals surface area contributed by atoms with E-state index in [2.05, 4.69) is 0 Å². The van der Waals surface area contributed by atoms with E-state index in [0.717, 1.165) is 16.8 Å². The number of benzene rings is 1. The van der Waals surface area contributed by atoms with Gasteiger partial charge in [0.05, 0.1) is 6.61 Å². The van der Waals surface area contributed by atoms with Gasteiger partial charge in [-0.1, -0.05) is 12.2 Å². The molecule has 0 fully saturated rings. The highest BCUT2D eigenvalue weighted by Gasteiger charge is 2.10. The second kappa shape index (κ2) is 6.35. The van der Waals surface area contributed by atoms with Crippen molar-refractivity contribution in [1.82, 2.24) is 0 Å². The average molecular weight is 266 g/mol. The zero-order chi connectivity index (χ0) is 13.7. The lowest BCUT2D eigenvalue weighted by molar-refractivity contribution is -0.141. The van der Waals surface area contributed by atoms with E-state index < -0.39 is 0 Å². The first-order valence-corrected chi connectivity index (χ1v) is 6.13. The van der Waals surface area contributed by atoms with Gasteiger partial charge in [-0.05, 0) is 37.6 Å². The van der Waals surface area contributed by atoms with Crippen LogP contribution in [0.4, 0.5) is 5.69 Å². The Hall–Kier alpha value is -1.62. The second-order valence-corrected chi connectivity index (χ2v) is 4.46. The van der Waals surface area contributed by atoms with Gasteiger partial charge in [0.2, 0.25) is 0 Å². The summed E-state index contributed by atoms with van der Waals surface area (Å²) in [5.74, 6) is -0.240. The number of carbonyl (C=O) groups excluding carboxylic acids is 1. The van der Waals surface area contributed by atoms with Crippen molar-refractivity contribution in [3.8, 4) is 0 Å². The van der Waals surface area contributed by atoms with Crippen molar-refractivity contribution in [2.24, 2.45) is 5.73 Å². The standard InChI is InChI=1S/C13H18N2O2S/c1-4-17-12(16)8-15(3)10-5-6-11(13(14)18)9(2)7-10/h5-7H,4,8H2,1-3H3,(H2,14,18). The molecule has 4 nitrogen and oxygen atoms in total. The molecular weight excluding hydrogens is 248 g/mol. The smallest absolute Gasteiger partial charge is 0.325 e. The van der Waals surface area contributed by atoms with E-state index in [0.29, 0.717) is 11.6 Å². The van der Waals surface area contributed by atoms with E-state index >= 15 is 0 Å². The largest absolute Gasteiger partial charge is 0.465 e. The third-order valence-corrected chi connectivity index (χ3v) is 2.81. The van der Waals surface area contributed by atoms with Crippen LogP contribution < -0.4 is 10.6 Å². The van der Waals surface area contributed by atoms with E-state index in [-0.39, 0.29) is 12.5 Å². The van der Waals surface area contributed by atoms with Gasteiger partial charge < -0.3 is 15.4 Å². The maximum atomic E-state index is 11.4. The van der Waals surface area contributed by atoms with Crippen molar-refractivity contribution < 1.29 is 9.53 Å². The van der Waals surface area contributed by atoms with Crippen LogP contribution in [0.15, 0.2) is 18.2 Å². The van der Waals surface area contributed by atoms with Crippen molar-refractivity contribution in [2.45, 2.75) is 13.8 Å². The summed E-state index contributed by atoms with van der Waals surface area (Å²) in [6.07, 6.45) is 0. The van der Waals surface area contributed by atoms with Crippen LogP contribution in [0.1, 0.15) is 18.1 Å². The van der Waals surface area contributed by atoms with Gasteiger partial charge in [-0.25, -0.2) is 0 Å². The summed E-state index contributed by atoms with van der Waals surface area (Å²) in [4.78, 5) is 13.6. The number of thiocarbonyl (C=S) groups is 1. The van der Waals surface area contributed by atoms with E-state index in [1.165, 1.54) is 0 Å². The van der Waals surface area contributed by atoms with Crippen LogP contribution in [-0.4, -0.2) is 31.2 Å². The van der Waals surface area contributed by atoms with Gasteiger partial charge in [0, 0.05) is 18.3 Å². The molecule has 0 spiro atoms. The quantitative estimate of drug-likeness (QED) is 0.648. The van der Waals surface area contributed by atoms with Gasteiger partial charge >= 0.3 is 5.97 Å². The Kier molecular flexibility index (Phi) is 5.09. The molecule has 1 aromatic rings. The molecule has 0 saturated carbocycles. The molecule has 5 heteroatoms. The summed E-state index contributed by atoms with van der Waals surface area (Å²) in [5.41, 5.74) is 8.39. The lowest BCUT2D eigenvalue weighted by Gasteiger charge is -2.19. The molecule has 1 aromatic carbocycles. The van der Waals surface area contributed by atoms with Crippen LogP contribution >= 0.6 is 12.2 Å². The van der Waals surface area contributed by atoms with E-state index in [9.17, 15) is 4.79 Å².